The molecule has 1 aromatic carbocycles. The van der Waals surface area contributed by atoms with E-state index in [0.717, 1.165) is 16.9 Å². The van der Waals surface area contributed by atoms with E-state index in [4.69, 9.17) is 11.6 Å². The molecule has 0 atom stereocenters. The average Bonchev–Trinajstić information content (AvgIpc) is 2.20. The number of thiol groups is 1. The number of halogens is 1. The van der Waals surface area contributed by atoms with Crippen LogP contribution >= 0.6 is 24.2 Å². The molecule has 0 aliphatic carbocycles. The number of alkyl halides is 1. The molecule has 0 fully saturated rings. The summed E-state index contributed by atoms with van der Waals surface area (Å²) in [6.07, 6.45) is 1.36. The fraction of sp³-hybridized carbons (Fsp3) is 0.364. The molecule has 0 radical (unpaired) electrons. The summed E-state index contributed by atoms with van der Waals surface area (Å²) in [5.41, 5.74) is 2.19. The number of carbonyl (C=O) groups excluding carboxylic acids is 1. The Labute approximate surface area is 94.9 Å². The van der Waals surface area contributed by atoms with E-state index in [1.54, 1.807) is 0 Å². The Morgan fingerprint density at radius 3 is 2.71 bits per heavy atom. The summed E-state index contributed by atoms with van der Waals surface area (Å²) in [7, 11) is 0. The molecule has 0 spiro atoms. The van der Waals surface area contributed by atoms with Crippen molar-refractivity contribution in [3.8, 4) is 0 Å². The van der Waals surface area contributed by atoms with Gasteiger partial charge in [-0.15, -0.1) is 24.2 Å². The van der Waals surface area contributed by atoms with Gasteiger partial charge in [0.2, 0.25) is 0 Å². The van der Waals surface area contributed by atoms with Gasteiger partial charge in [0.1, 0.15) is 0 Å². The normalized spacial score (nSPS) is 10.2. The number of rotatable bonds is 4. The SMILES string of the molecule is CCc1ccc(CC(=O)CCl)c(S)c1. The molecule has 0 amide bonds. The van der Waals surface area contributed by atoms with E-state index in [9.17, 15) is 4.79 Å². The van der Waals surface area contributed by atoms with E-state index < -0.39 is 0 Å². The summed E-state index contributed by atoms with van der Waals surface area (Å²) in [6.45, 7) is 2.09. The second-order valence-corrected chi connectivity index (χ2v) is 3.91. The van der Waals surface area contributed by atoms with Crippen molar-refractivity contribution in [2.45, 2.75) is 24.7 Å². The van der Waals surface area contributed by atoms with E-state index in [0.29, 0.717) is 6.42 Å². The zero-order valence-electron chi connectivity index (χ0n) is 8.09. The number of hydrogen-bond donors (Lipinski definition) is 1. The lowest BCUT2D eigenvalue weighted by Crippen LogP contribution is -2.04. The first-order valence-corrected chi connectivity index (χ1v) is 5.54. The van der Waals surface area contributed by atoms with Crippen LogP contribution in [-0.2, 0) is 17.6 Å². The third-order valence-corrected chi connectivity index (χ3v) is 2.81. The largest absolute Gasteiger partial charge is 0.298 e. The minimum absolute atomic E-state index is 0.0335. The number of ketones is 1. The van der Waals surface area contributed by atoms with E-state index >= 15 is 0 Å². The smallest absolute Gasteiger partial charge is 0.151 e. The summed E-state index contributed by atoms with van der Waals surface area (Å²) >= 11 is 9.78. The van der Waals surface area contributed by atoms with Crippen LogP contribution in [0.2, 0.25) is 0 Å². The molecule has 1 nitrogen and oxygen atoms in total. The molecule has 0 bridgehead atoms. The van der Waals surface area contributed by atoms with Gasteiger partial charge in [-0.05, 0) is 23.6 Å². The highest BCUT2D eigenvalue weighted by Crippen LogP contribution is 2.17. The molecule has 0 aliphatic rings. The van der Waals surface area contributed by atoms with Gasteiger partial charge < -0.3 is 0 Å². The fourth-order valence-electron chi connectivity index (χ4n) is 1.24. The van der Waals surface area contributed by atoms with Gasteiger partial charge in [-0.3, -0.25) is 4.79 Å². The third-order valence-electron chi connectivity index (χ3n) is 2.09. The van der Waals surface area contributed by atoms with E-state index in [1.165, 1.54) is 5.56 Å². The zero-order chi connectivity index (χ0) is 10.6. The maximum atomic E-state index is 11.1. The first kappa shape index (κ1) is 11.6. The van der Waals surface area contributed by atoms with Gasteiger partial charge in [-0.25, -0.2) is 0 Å². The van der Waals surface area contributed by atoms with Crippen molar-refractivity contribution in [3.05, 3.63) is 29.3 Å². The summed E-state index contributed by atoms with van der Waals surface area (Å²) < 4.78 is 0. The van der Waals surface area contributed by atoms with Crippen molar-refractivity contribution in [1.29, 1.82) is 0 Å². The molecule has 1 aromatic rings. The summed E-state index contributed by atoms with van der Waals surface area (Å²) in [5, 5.41) is 0. The fourth-order valence-corrected chi connectivity index (χ4v) is 1.65. The maximum Gasteiger partial charge on any atom is 0.151 e. The first-order chi connectivity index (χ1) is 6.67. The van der Waals surface area contributed by atoms with Gasteiger partial charge >= 0.3 is 0 Å². The average molecular weight is 229 g/mol. The second kappa shape index (κ2) is 5.42. The molecule has 0 aliphatic heterocycles. The monoisotopic (exact) mass is 228 g/mol. The molecular weight excluding hydrogens is 216 g/mol. The van der Waals surface area contributed by atoms with Gasteiger partial charge in [-0.2, -0.15) is 0 Å². The quantitative estimate of drug-likeness (QED) is 0.620. The highest BCUT2D eigenvalue weighted by atomic mass is 35.5. The Balaban J connectivity index is 2.83. The van der Waals surface area contributed by atoms with Crippen molar-refractivity contribution >= 4 is 30.0 Å². The zero-order valence-corrected chi connectivity index (χ0v) is 9.74. The molecule has 0 saturated heterocycles. The van der Waals surface area contributed by atoms with Crippen molar-refractivity contribution in [2.24, 2.45) is 0 Å². The minimum atomic E-state index is 0.0335. The standard InChI is InChI=1S/C11H13ClOS/c1-2-8-3-4-9(11(14)5-8)6-10(13)7-12/h3-5,14H,2,6-7H2,1H3. The van der Waals surface area contributed by atoms with Crippen molar-refractivity contribution in [2.75, 3.05) is 5.88 Å². The lowest BCUT2D eigenvalue weighted by molar-refractivity contribution is -0.116. The maximum absolute atomic E-state index is 11.1. The van der Waals surface area contributed by atoms with Crippen LogP contribution in [0.3, 0.4) is 0 Å². The molecule has 0 heterocycles. The number of aryl methyl sites for hydroxylation is 1. The van der Waals surface area contributed by atoms with Gasteiger partial charge in [0.25, 0.3) is 0 Å². The van der Waals surface area contributed by atoms with Crippen molar-refractivity contribution in [1.82, 2.24) is 0 Å². The molecule has 76 valence electrons. The van der Waals surface area contributed by atoms with Crippen LogP contribution in [0.5, 0.6) is 0 Å². The van der Waals surface area contributed by atoms with Crippen LogP contribution in [0.1, 0.15) is 18.1 Å². The first-order valence-electron chi connectivity index (χ1n) is 4.55. The van der Waals surface area contributed by atoms with Crippen LogP contribution in [0, 0.1) is 0 Å². The van der Waals surface area contributed by atoms with Crippen LogP contribution in [-0.4, -0.2) is 11.7 Å². The van der Waals surface area contributed by atoms with Gasteiger partial charge in [0.05, 0.1) is 5.88 Å². The highest BCUT2D eigenvalue weighted by molar-refractivity contribution is 7.80. The predicted molar refractivity (Wildman–Crippen MR) is 62.5 cm³/mol. The molecule has 1 rings (SSSR count). The Morgan fingerprint density at radius 2 is 2.21 bits per heavy atom. The summed E-state index contributed by atoms with van der Waals surface area (Å²) in [4.78, 5) is 12.0. The van der Waals surface area contributed by atoms with Crippen LogP contribution in [0.4, 0.5) is 0 Å². The Morgan fingerprint density at radius 1 is 1.50 bits per heavy atom. The third kappa shape index (κ3) is 3.03. The number of carbonyl (C=O) groups is 1. The predicted octanol–water partition coefficient (Wildman–Crippen LogP) is 2.89. The molecule has 0 N–H and O–H groups in total. The van der Waals surface area contributed by atoms with E-state index in [1.807, 2.05) is 18.2 Å². The molecule has 3 heteroatoms. The van der Waals surface area contributed by atoms with Gasteiger partial charge in [0.15, 0.2) is 5.78 Å². The lowest BCUT2D eigenvalue weighted by atomic mass is 10.1. The molecule has 14 heavy (non-hydrogen) atoms. The molecule has 0 aromatic heterocycles. The topological polar surface area (TPSA) is 17.1 Å². The number of hydrogen-bond acceptors (Lipinski definition) is 2. The summed E-state index contributed by atoms with van der Waals surface area (Å²) in [5.74, 6) is 0.106. The highest BCUT2D eigenvalue weighted by Gasteiger charge is 2.05. The van der Waals surface area contributed by atoms with Crippen LogP contribution < -0.4 is 0 Å². The van der Waals surface area contributed by atoms with Crippen LogP contribution in [0.25, 0.3) is 0 Å². The molecule has 0 unspecified atom stereocenters. The van der Waals surface area contributed by atoms with E-state index in [2.05, 4.69) is 19.6 Å². The Bertz CT molecular complexity index is 336. The second-order valence-electron chi connectivity index (χ2n) is 3.17. The van der Waals surface area contributed by atoms with Gasteiger partial charge in [-0.1, -0.05) is 19.1 Å². The minimum Gasteiger partial charge on any atom is -0.298 e. The van der Waals surface area contributed by atoms with Gasteiger partial charge in [0, 0.05) is 11.3 Å². The Kier molecular flexibility index (Phi) is 4.49. The molecule has 0 saturated carbocycles. The number of benzene rings is 1. The van der Waals surface area contributed by atoms with Crippen molar-refractivity contribution < 1.29 is 4.79 Å². The summed E-state index contributed by atoms with van der Waals surface area (Å²) in [6, 6.07) is 5.97. The van der Waals surface area contributed by atoms with E-state index in [-0.39, 0.29) is 11.7 Å². The van der Waals surface area contributed by atoms with Crippen molar-refractivity contribution in [3.63, 3.8) is 0 Å². The number of Topliss-reactive ketones (excluding diaryl/α,β-unsaturated/α-hetero) is 1. The Hall–Kier alpha value is -0.470. The van der Waals surface area contributed by atoms with Crippen LogP contribution in [0.15, 0.2) is 23.1 Å². The molecular formula is C11H13ClOS. The lowest BCUT2D eigenvalue weighted by Gasteiger charge is -2.05.